The number of thiophene rings is 1. The van der Waals surface area contributed by atoms with Gasteiger partial charge in [-0.1, -0.05) is 12.2 Å². The number of nitrogens with one attached hydrogen (secondary N) is 1. The van der Waals surface area contributed by atoms with Crippen molar-refractivity contribution in [3.63, 3.8) is 0 Å². The molecule has 0 radical (unpaired) electrons. The average Bonchev–Trinajstić information content (AvgIpc) is 3.27. The van der Waals surface area contributed by atoms with Gasteiger partial charge >= 0.3 is 0 Å². The molecule has 0 saturated carbocycles. The summed E-state index contributed by atoms with van der Waals surface area (Å²) >= 11 is 1.43. The van der Waals surface area contributed by atoms with Crippen LogP contribution in [0.1, 0.15) is 12.0 Å². The topological polar surface area (TPSA) is 59.6 Å². The Bertz CT molecular complexity index is 1050. The van der Waals surface area contributed by atoms with Crippen molar-refractivity contribution in [2.75, 3.05) is 33.7 Å². The van der Waals surface area contributed by atoms with Crippen LogP contribution in [0, 0.1) is 0 Å². The van der Waals surface area contributed by atoms with Crippen LogP contribution in [0.4, 0.5) is 0 Å². The SMILES string of the molecule is CN(C)C1CCN(C/C=C/c2c(O)ccc3[nH]c(=O)c4sccc4c23)C1.Cl.Cl. The van der Waals surface area contributed by atoms with Gasteiger partial charge in [-0.15, -0.1) is 36.2 Å². The average molecular weight is 442 g/mol. The molecule has 1 aliphatic rings. The summed E-state index contributed by atoms with van der Waals surface area (Å²) < 4.78 is 0.700. The first-order chi connectivity index (χ1) is 12.5. The summed E-state index contributed by atoms with van der Waals surface area (Å²) in [6.45, 7) is 3.02. The zero-order valence-electron chi connectivity index (χ0n) is 15.8. The number of aromatic amines is 1. The lowest BCUT2D eigenvalue weighted by Crippen LogP contribution is -2.31. The van der Waals surface area contributed by atoms with Crippen molar-refractivity contribution < 1.29 is 5.11 Å². The number of hydrogen-bond donors (Lipinski definition) is 2. The van der Waals surface area contributed by atoms with Crippen LogP contribution >= 0.6 is 36.2 Å². The van der Waals surface area contributed by atoms with E-state index in [1.54, 1.807) is 12.1 Å². The van der Waals surface area contributed by atoms with E-state index in [4.69, 9.17) is 0 Å². The van der Waals surface area contributed by atoms with Crippen molar-refractivity contribution in [1.82, 2.24) is 14.8 Å². The predicted molar refractivity (Wildman–Crippen MR) is 124 cm³/mol. The zero-order chi connectivity index (χ0) is 18.3. The summed E-state index contributed by atoms with van der Waals surface area (Å²) in [6, 6.07) is 5.98. The first kappa shape index (κ1) is 22.7. The van der Waals surface area contributed by atoms with Gasteiger partial charge in [0.05, 0.1) is 0 Å². The van der Waals surface area contributed by atoms with Gasteiger partial charge in [-0.2, -0.15) is 0 Å². The second kappa shape index (κ2) is 9.29. The highest BCUT2D eigenvalue weighted by molar-refractivity contribution is 7.17. The van der Waals surface area contributed by atoms with Crippen molar-refractivity contribution in [2.24, 2.45) is 0 Å². The summed E-state index contributed by atoms with van der Waals surface area (Å²) in [5.41, 5.74) is 1.45. The highest BCUT2D eigenvalue weighted by Crippen LogP contribution is 2.33. The summed E-state index contributed by atoms with van der Waals surface area (Å²) in [6.07, 6.45) is 5.28. The molecule has 3 aromatic rings. The van der Waals surface area contributed by atoms with E-state index in [0.717, 1.165) is 41.5 Å². The number of halogens is 2. The van der Waals surface area contributed by atoms with Crippen molar-refractivity contribution in [1.29, 1.82) is 0 Å². The summed E-state index contributed by atoms with van der Waals surface area (Å²) in [4.78, 5) is 19.8. The number of aromatic nitrogens is 1. The van der Waals surface area contributed by atoms with Gasteiger partial charge in [-0.3, -0.25) is 9.69 Å². The van der Waals surface area contributed by atoms with Crippen molar-refractivity contribution in [2.45, 2.75) is 12.5 Å². The van der Waals surface area contributed by atoms with Gasteiger partial charge in [0.25, 0.3) is 5.56 Å². The molecule has 1 unspecified atom stereocenters. The number of rotatable bonds is 4. The van der Waals surface area contributed by atoms with Crippen molar-refractivity contribution in [3.05, 3.63) is 45.6 Å². The molecule has 28 heavy (non-hydrogen) atoms. The molecule has 4 rings (SSSR count). The van der Waals surface area contributed by atoms with E-state index in [9.17, 15) is 9.90 Å². The Hall–Kier alpha value is -1.57. The third kappa shape index (κ3) is 4.21. The monoisotopic (exact) mass is 441 g/mol. The molecule has 0 spiro atoms. The van der Waals surface area contributed by atoms with Gasteiger partial charge in [0, 0.05) is 47.5 Å². The molecule has 1 aliphatic heterocycles. The summed E-state index contributed by atoms with van der Waals surface area (Å²) in [7, 11) is 4.26. The van der Waals surface area contributed by atoms with Crippen LogP contribution in [-0.2, 0) is 0 Å². The molecule has 1 saturated heterocycles. The summed E-state index contributed by atoms with van der Waals surface area (Å²) in [5, 5.41) is 14.1. The zero-order valence-corrected chi connectivity index (χ0v) is 18.3. The molecular formula is C20H25Cl2N3O2S. The number of pyridine rings is 1. The second-order valence-corrected chi connectivity index (χ2v) is 8.02. The lowest BCUT2D eigenvalue weighted by atomic mass is 10.0. The lowest BCUT2D eigenvalue weighted by Gasteiger charge is -2.19. The van der Waals surface area contributed by atoms with E-state index in [1.165, 1.54) is 17.8 Å². The fraction of sp³-hybridized carbons (Fsp3) is 0.350. The molecule has 152 valence electrons. The molecule has 2 N–H and O–H groups in total. The van der Waals surface area contributed by atoms with Crippen molar-refractivity contribution >= 4 is 63.2 Å². The van der Waals surface area contributed by atoms with E-state index in [2.05, 4.69) is 35.0 Å². The largest absolute Gasteiger partial charge is 0.507 e. The first-order valence-electron chi connectivity index (χ1n) is 8.85. The number of H-pyrrole nitrogens is 1. The molecule has 0 amide bonds. The van der Waals surface area contributed by atoms with Crippen LogP contribution in [0.15, 0.2) is 34.4 Å². The van der Waals surface area contributed by atoms with Gasteiger partial charge in [-0.05, 0) is 44.1 Å². The molecular weight excluding hydrogens is 417 g/mol. The fourth-order valence-electron chi connectivity index (χ4n) is 3.75. The number of nitrogens with zero attached hydrogens (tertiary/aromatic N) is 2. The van der Waals surface area contributed by atoms with Gasteiger partial charge in [0.1, 0.15) is 10.4 Å². The molecule has 1 fully saturated rings. The maximum Gasteiger partial charge on any atom is 0.266 e. The molecule has 1 aromatic carbocycles. The minimum absolute atomic E-state index is 0. The number of phenols is 1. The molecule has 5 nitrogen and oxygen atoms in total. The highest BCUT2D eigenvalue weighted by atomic mass is 35.5. The molecule has 0 bridgehead atoms. The van der Waals surface area contributed by atoms with E-state index in [-0.39, 0.29) is 36.1 Å². The van der Waals surface area contributed by atoms with Crippen LogP contribution in [0.2, 0.25) is 0 Å². The smallest absolute Gasteiger partial charge is 0.266 e. The number of hydrogen-bond acceptors (Lipinski definition) is 5. The van der Waals surface area contributed by atoms with Gasteiger partial charge in [0.2, 0.25) is 0 Å². The lowest BCUT2D eigenvalue weighted by molar-refractivity contribution is 0.280. The van der Waals surface area contributed by atoms with Gasteiger partial charge in [-0.25, -0.2) is 0 Å². The third-order valence-electron chi connectivity index (χ3n) is 5.24. The third-order valence-corrected chi connectivity index (χ3v) is 6.15. The predicted octanol–water partition coefficient (Wildman–Crippen LogP) is 3.94. The number of benzene rings is 1. The number of phenolic OH excluding ortho intramolecular Hbond substituents is 1. The maximum absolute atomic E-state index is 12.2. The Morgan fingerprint density at radius 2 is 2.11 bits per heavy atom. The molecule has 2 aromatic heterocycles. The first-order valence-corrected chi connectivity index (χ1v) is 9.73. The number of aromatic hydroxyl groups is 1. The van der Waals surface area contributed by atoms with Gasteiger partial charge < -0.3 is 15.0 Å². The van der Waals surface area contributed by atoms with Gasteiger partial charge in [0.15, 0.2) is 0 Å². The Balaban J connectivity index is 0.00000140. The molecule has 8 heteroatoms. The normalized spacial score (nSPS) is 17.5. The highest BCUT2D eigenvalue weighted by Gasteiger charge is 2.22. The number of fused-ring (bicyclic) bond motifs is 3. The van der Waals surface area contributed by atoms with Crippen molar-refractivity contribution in [3.8, 4) is 5.75 Å². The summed E-state index contributed by atoms with van der Waals surface area (Å²) in [5.74, 6) is 0.237. The minimum Gasteiger partial charge on any atom is -0.507 e. The maximum atomic E-state index is 12.2. The van der Waals surface area contributed by atoms with E-state index in [0.29, 0.717) is 10.7 Å². The Kier molecular flexibility index (Phi) is 7.53. The molecule has 3 heterocycles. The van der Waals surface area contributed by atoms with Crippen LogP contribution in [0.25, 0.3) is 27.1 Å². The van der Waals surface area contributed by atoms with Crippen LogP contribution in [-0.4, -0.2) is 59.7 Å². The fourth-order valence-corrected chi connectivity index (χ4v) is 4.55. The van der Waals surface area contributed by atoms with Crippen LogP contribution < -0.4 is 5.56 Å². The quantitative estimate of drug-likeness (QED) is 0.643. The Morgan fingerprint density at radius 1 is 1.32 bits per heavy atom. The van der Waals surface area contributed by atoms with Crippen LogP contribution in [0.5, 0.6) is 5.75 Å². The second-order valence-electron chi connectivity index (χ2n) is 7.11. The molecule has 0 aliphatic carbocycles. The minimum atomic E-state index is -0.0742. The number of likely N-dealkylation sites (N-methyl/N-ethyl adjacent to an activating group) is 1. The van der Waals surface area contributed by atoms with E-state index in [1.807, 2.05) is 17.5 Å². The Morgan fingerprint density at radius 3 is 2.82 bits per heavy atom. The number of likely N-dealkylation sites (tertiary alicyclic amines) is 1. The van der Waals surface area contributed by atoms with E-state index >= 15 is 0 Å². The molecule has 1 atom stereocenters. The standard InChI is InChI=1S/C20H23N3O2S.2ClH/c1-22(2)13-7-10-23(12-13)9-3-4-14-17(24)6-5-16-18(14)15-8-11-26-19(15)20(25)21-16;;/h3-6,8,11,13,24H,7,9-10,12H2,1-2H3,(H,21,25);2*1H/b4-3+;;. The van der Waals surface area contributed by atoms with E-state index < -0.39 is 0 Å². The Labute approximate surface area is 180 Å². The van der Waals surface area contributed by atoms with Crippen LogP contribution in [0.3, 0.4) is 0 Å².